The molecule has 0 aliphatic carbocycles. The van der Waals surface area contributed by atoms with Gasteiger partial charge in [-0.3, -0.25) is 14.6 Å². The summed E-state index contributed by atoms with van der Waals surface area (Å²) in [6.45, 7) is 5.35. The summed E-state index contributed by atoms with van der Waals surface area (Å²) >= 11 is 0. The van der Waals surface area contributed by atoms with Gasteiger partial charge in [-0.15, -0.1) is 0 Å². The average Bonchev–Trinajstić information content (AvgIpc) is 3.00. The first kappa shape index (κ1) is 20.3. The second-order valence-corrected chi connectivity index (χ2v) is 7.85. The lowest BCUT2D eigenvalue weighted by atomic mass is 10.0. The monoisotopic (exact) mass is 399 g/mol. The van der Waals surface area contributed by atoms with Crippen molar-refractivity contribution in [3.8, 4) is 11.1 Å². The summed E-state index contributed by atoms with van der Waals surface area (Å²) in [4.78, 5) is 17.5. The Labute approximate surface area is 179 Å². The van der Waals surface area contributed by atoms with E-state index in [2.05, 4.69) is 63.6 Å². The molecule has 1 N–H and O–H groups in total. The maximum absolute atomic E-state index is 12.8. The molecule has 154 valence electrons. The van der Waals surface area contributed by atoms with Gasteiger partial charge in [-0.2, -0.15) is 0 Å². The van der Waals surface area contributed by atoms with Gasteiger partial charge in [0.05, 0.1) is 6.54 Å². The number of hydrogen-bond acceptors (Lipinski definition) is 3. The molecule has 0 spiro atoms. The maximum Gasteiger partial charge on any atom is 0.238 e. The first-order valence-corrected chi connectivity index (χ1v) is 10.7. The average molecular weight is 400 g/mol. The van der Waals surface area contributed by atoms with Gasteiger partial charge in [-0.25, -0.2) is 0 Å². The number of nitrogens with one attached hydrogen (secondary N) is 1. The van der Waals surface area contributed by atoms with Crippen molar-refractivity contribution in [1.82, 2.24) is 9.80 Å². The van der Waals surface area contributed by atoms with Crippen molar-refractivity contribution in [2.45, 2.75) is 13.0 Å². The van der Waals surface area contributed by atoms with E-state index in [1.54, 1.807) is 0 Å². The first-order chi connectivity index (χ1) is 14.8. The van der Waals surface area contributed by atoms with E-state index in [9.17, 15) is 4.79 Å². The van der Waals surface area contributed by atoms with Crippen LogP contribution in [0.3, 0.4) is 0 Å². The van der Waals surface area contributed by atoms with Crippen molar-refractivity contribution >= 4 is 11.6 Å². The van der Waals surface area contributed by atoms with Crippen LogP contribution in [0.15, 0.2) is 84.9 Å². The van der Waals surface area contributed by atoms with Crippen molar-refractivity contribution in [3.05, 3.63) is 90.5 Å². The number of rotatable bonds is 6. The van der Waals surface area contributed by atoms with Crippen LogP contribution in [-0.4, -0.2) is 48.4 Å². The Bertz CT molecular complexity index is 943. The molecule has 1 amide bonds. The maximum atomic E-state index is 12.8. The highest BCUT2D eigenvalue weighted by atomic mass is 16.2. The van der Waals surface area contributed by atoms with Gasteiger partial charge in [0.25, 0.3) is 0 Å². The molecule has 4 rings (SSSR count). The Hall–Kier alpha value is -2.95. The summed E-state index contributed by atoms with van der Waals surface area (Å²) in [5.41, 5.74) is 4.38. The van der Waals surface area contributed by atoms with Crippen molar-refractivity contribution < 1.29 is 4.79 Å². The quantitative estimate of drug-likeness (QED) is 0.663. The molecule has 0 saturated carbocycles. The van der Waals surface area contributed by atoms with Crippen LogP contribution in [0.5, 0.6) is 0 Å². The van der Waals surface area contributed by atoms with Crippen molar-refractivity contribution in [2.75, 3.05) is 38.0 Å². The van der Waals surface area contributed by atoms with Gasteiger partial charge in [0.2, 0.25) is 5.91 Å². The van der Waals surface area contributed by atoms with E-state index in [-0.39, 0.29) is 5.91 Å². The highest BCUT2D eigenvalue weighted by Gasteiger charge is 2.18. The Morgan fingerprint density at radius 3 is 2.17 bits per heavy atom. The number of amides is 1. The van der Waals surface area contributed by atoms with Gasteiger partial charge in [-0.05, 0) is 36.7 Å². The zero-order valence-corrected chi connectivity index (χ0v) is 17.3. The minimum absolute atomic E-state index is 0.0508. The lowest BCUT2D eigenvalue weighted by molar-refractivity contribution is -0.117. The number of nitrogens with zero attached hydrogens (tertiary/aromatic N) is 2. The van der Waals surface area contributed by atoms with Crippen molar-refractivity contribution in [1.29, 1.82) is 0 Å². The second kappa shape index (κ2) is 10.2. The molecule has 30 heavy (non-hydrogen) atoms. The predicted molar refractivity (Wildman–Crippen MR) is 123 cm³/mol. The molecule has 3 aromatic rings. The van der Waals surface area contributed by atoms with Crippen molar-refractivity contribution in [3.63, 3.8) is 0 Å². The number of hydrogen-bond donors (Lipinski definition) is 1. The highest BCUT2D eigenvalue weighted by Crippen LogP contribution is 2.27. The van der Waals surface area contributed by atoms with E-state index in [1.807, 2.05) is 36.4 Å². The zero-order chi connectivity index (χ0) is 20.6. The molecule has 3 aromatic carbocycles. The SMILES string of the molecule is O=C(CN1CCCN(Cc2ccccc2)CC1)Nc1ccccc1-c1ccccc1. The van der Waals surface area contributed by atoms with E-state index in [0.717, 1.165) is 56.0 Å². The van der Waals surface area contributed by atoms with E-state index >= 15 is 0 Å². The predicted octanol–water partition coefficient (Wildman–Crippen LogP) is 4.50. The van der Waals surface area contributed by atoms with Gasteiger partial charge in [0, 0.05) is 30.9 Å². The topological polar surface area (TPSA) is 35.6 Å². The molecule has 1 saturated heterocycles. The third kappa shape index (κ3) is 5.56. The normalized spacial score (nSPS) is 15.5. The number of carbonyl (C=O) groups is 1. The number of benzene rings is 3. The summed E-state index contributed by atoms with van der Waals surface area (Å²) in [6, 6.07) is 28.8. The minimum Gasteiger partial charge on any atom is -0.324 e. The van der Waals surface area contributed by atoms with Crippen LogP contribution in [-0.2, 0) is 11.3 Å². The summed E-state index contributed by atoms with van der Waals surface area (Å²) < 4.78 is 0. The molecule has 0 radical (unpaired) electrons. The van der Waals surface area contributed by atoms with E-state index in [1.165, 1.54) is 5.56 Å². The smallest absolute Gasteiger partial charge is 0.238 e. The van der Waals surface area contributed by atoms with Gasteiger partial charge < -0.3 is 5.32 Å². The largest absolute Gasteiger partial charge is 0.324 e. The molecule has 0 unspecified atom stereocenters. The molecular weight excluding hydrogens is 370 g/mol. The third-order valence-corrected chi connectivity index (χ3v) is 5.58. The summed E-state index contributed by atoms with van der Waals surface area (Å²) in [5, 5.41) is 3.13. The molecule has 4 heteroatoms. The molecular formula is C26H29N3O. The lowest BCUT2D eigenvalue weighted by Gasteiger charge is -2.22. The number of anilines is 1. The molecule has 0 bridgehead atoms. The molecule has 4 nitrogen and oxygen atoms in total. The van der Waals surface area contributed by atoms with E-state index in [4.69, 9.17) is 0 Å². The van der Waals surface area contributed by atoms with Crippen LogP contribution in [0, 0.1) is 0 Å². The Balaban J connectivity index is 1.33. The summed E-state index contributed by atoms with van der Waals surface area (Å²) in [7, 11) is 0. The fourth-order valence-electron chi connectivity index (χ4n) is 4.04. The van der Waals surface area contributed by atoms with Crippen LogP contribution in [0.2, 0.25) is 0 Å². The van der Waals surface area contributed by atoms with Crippen LogP contribution in [0.1, 0.15) is 12.0 Å². The fraction of sp³-hybridized carbons (Fsp3) is 0.269. The minimum atomic E-state index is 0.0508. The zero-order valence-electron chi connectivity index (χ0n) is 17.3. The van der Waals surface area contributed by atoms with Gasteiger partial charge in [-0.1, -0.05) is 78.9 Å². The Morgan fingerprint density at radius 2 is 1.37 bits per heavy atom. The van der Waals surface area contributed by atoms with Crippen LogP contribution in [0.4, 0.5) is 5.69 Å². The standard InChI is InChI=1S/C26H29N3O/c30-26(27-25-15-8-7-14-24(25)23-12-5-2-6-13-23)21-29-17-9-16-28(18-19-29)20-22-10-3-1-4-11-22/h1-8,10-15H,9,16-21H2,(H,27,30). The summed E-state index contributed by atoms with van der Waals surface area (Å²) in [6.07, 6.45) is 1.08. The Kier molecular flexibility index (Phi) is 6.91. The van der Waals surface area contributed by atoms with E-state index < -0.39 is 0 Å². The molecule has 1 aliphatic rings. The first-order valence-electron chi connectivity index (χ1n) is 10.7. The van der Waals surface area contributed by atoms with Gasteiger partial charge in [0.15, 0.2) is 0 Å². The van der Waals surface area contributed by atoms with Gasteiger partial charge in [0.1, 0.15) is 0 Å². The number of para-hydroxylation sites is 1. The molecule has 0 aromatic heterocycles. The fourth-order valence-corrected chi connectivity index (χ4v) is 4.04. The van der Waals surface area contributed by atoms with Gasteiger partial charge >= 0.3 is 0 Å². The van der Waals surface area contributed by atoms with Crippen LogP contribution < -0.4 is 5.32 Å². The molecule has 1 fully saturated rings. The second-order valence-electron chi connectivity index (χ2n) is 7.85. The van der Waals surface area contributed by atoms with Crippen molar-refractivity contribution in [2.24, 2.45) is 0 Å². The molecule has 1 aliphatic heterocycles. The molecule has 0 atom stereocenters. The highest BCUT2D eigenvalue weighted by molar-refractivity contribution is 5.96. The summed E-state index contributed by atoms with van der Waals surface area (Å²) in [5.74, 6) is 0.0508. The molecule has 1 heterocycles. The van der Waals surface area contributed by atoms with E-state index in [0.29, 0.717) is 6.54 Å². The Morgan fingerprint density at radius 1 is 0.733 bits per heavy atom. The lowest BCUT2D eigenvalue weighted by Crippen LogP contribution is -2.36. The van der Waals surface area contributed by atoms with Crippen LogP contribution >= 0.6 is 0 Å². The van der Waals surface area contributed by atoms with Crippen LogP contribution in [0.25, 0.3) is 11.1 Å². The number of carbonyl (C=O) groups excluding carboxylic acids is 1. The third-order valence-electron chi connectivity index (χ3n) is 5.58.